The molecular weight excluding hydrogens is 372 g/mol. The lowest BCUT2D eigenvalue weighted by atomic mass is 10.1. The van der Waals surface area contributed by atoms with Gasteiger partial charge in [-0.2, -0.15) is 15.6 Å². The molecule has 1 unspecified atom stereocenters. The number of rotatable bonds is 6. The first-order valence-electron chi connectivity index (χ1n) is 8.47. The molecule has 0 radical (unpaired) electrons. The number of sulfonamides is 1. The van der Waals surface area contributed by atoms with Crippen LogP contribution in [0.5, 0.6) is 0 Å². The Hall–Kier alpha value is -1.74. The van der Waals surface area contributed by atoms with Crippen LogP contribution in [0, 0.1) is 0 Å². The summed E-state index contributed by atoms with van der Waals surface area (Å²) in [6, 6.07) is 8.12. The van der Waals surface area contributed by atoms with Crippen LogP contribution in [0.25, 0.3) is 0 Å². The van der Waals surface area contributed by atoms with Gasteiger partial charge >= 0.3 is 0 Å². The third kappa shape index (κ3) is 4.50. The second-order valence-electron chi connectivity index (χ2n) is 6.25. The van der Waals surface area contributed by atoms with Crippen LogP contribution in [-0.2, 0) is 21.2 Å². The molecule has 1 aliphatic heterocycles. The van der Waals surface area contributed by atoms with Crippen LogP contribution >= 0.6 is 11.3 Å². The molecule has 2 aromatic rings. The molecule has 0 aliphatic carbocycles. The maximum absolute atomic E-state index is 12.6. The van der Waals surface area contributed by atoms with E-state index >= 15 is 0 Å². The third-order valence-electron chi connectivity index (χ3n) is 4.22. The van der Waals surface area contributed by atoms with Gasteiger partial charge in [-0.15, -0.1) is 0 Å². The molecule has 140 valence electrons. The number of nitrogens with zero attached hydrogens (tertiary/aromatic N) is 1. The standard InChI is InChI=1S/C18H22N2O4S2/c1-14(12-15-6-11-25-13-15)19-18(21)16-2-4-17(5-3-16)26(22,23)20-7-9-24-10-8-20/h2-6,11,13-14H,7-10,12H2,1H3,(H,19,21). The van der Waals surface area contributed by atoms with Gasteiger partial charge in [0.05, 0.1) is 18.1 Å². The van der Waals surface area contributed by atoms with E-state index < -0.39 is 10.0 Å². The van der Waals surface area contributed by atoms with E-state index in [2.05, 4.69) is 10.7 Å². The number of carbonyl (C=O) groups is 1. The Morgan fingerprint density at radius 3 is 2.54 bits per heavy atom. The van der Waals surface area contributed by atoms with Crippen molar-refractivity contribution in [2.75, 3.05) is 26.3 Å². The number of carbonyl (C=O) groups excluding carboxylic acids is 1. The smallest absolute Gasteiger partial charge is 0.251 e. The zero-order chi connectivity index (χ0) is 18.6. The van der Waals surface area contributed by atoms with Gasteiger partial charge in [0.1, 0.15) is 0 Å². The maximum Gasteiger partial charge on any atom is 0.251 e. The van der Waals surface area contributed by atoms with E-state index in [1.807, 2.05) is 18.4 Å². The van der Waals surface area contributed by atoms with Crippen molar-refractivity contribution < 1.29 is 17.9 Å². The number of benzene rings is 1. The number of hydrogen-bond donors (Lipinski definition) is 1. The fourth-order valence-electron chi connectivity index (χ4n) is 2.83. The highest BCUT2D eigenvalue weighted by Crippen LogP contribution is 2.18. The molecule has 3 rings (SSSR count). The maximum atomic E-state index is 12.6. The molecule has 0 saturated carbocycles. The minimum absolute atomic E-state index is 0.00569. The van der Waals surface area contributed by atoms with E-state index in [1.54, 1.807) is 23.5 Å². The van der Waals surface area contributed by atoms with Crippen molar-refractivity contribution in [2.45, 2.75) is 24.3 Å². The Bertz CT molecular complexity index is 827. The van der Waals surface area contributed by atoms with Crippen molar-refractivity contribution >= 4 is 27.3 Å². The first-order chi connectivity index (χ1) is 12.5. The van der Waals surface area contributed by atoms with Crippen LogP contribution in [0.1, 0.15) is 22.8 Å². The monoisotopic (exact) mass is 394 g/mol. The van der Waals surface area contributed by atoms with E-state index in [4.69, 9.17) is 4.74 Å². The topological polar surface area (TPSA) is 75.7 Å². The summed E-state index contributed by atoms with van der Waals surface area (Å²) in [6.07, 6.45) is 0.763. The van der Waals surface area contributed by atoms with Gasteiger partial charge in [-0.25, -0.2) is 8.42 Å². The number of amides is 1. The van der Waals surface area contributed by atoms with Crippen LogP contribution in [-0.4, -0.2) is 51.0 Å². The number of nitrogens with one attached hydrogen (secondary N) is 1. The number of ether oxygens (including phenoxy) is 1. The summed E-state index contributed by atoms with van der Waals surface area (Å²) in [5.74, 6) is -0.206. The van der Waals surface area contributed by atoms with E-state index in [1.165, 1.54) is 22.0 Å². The van der Waals surface area contributed by atoms with Gasteiger partial charge in [0.25, 0.3) is 5.91 Å². The Morgan fingerprint density at radius 2 is 1.92 bits per heavy atom. The van der Waals surface area contributed by atoms with Gasteiger partial charge in [0.15, 0.2) is 0 Å². The number of morpholine rings is 1. The van der Waals surface area contributed by atoms with Crippen molar-refractivity contribution in [2.24, 2.45) is 0 Å². The van der Waals surface area contributed by atoms with E-state index in [0.717, 1.165) is 6.42 Å². The quantitative estimate of drug-likeness (QED) is 0.814. The third-order valence-corrected chi connectivity index (χ3v) is 6.87. The van der Waals surface area contributed by atoms with Gasteiger partial charge in [0, 0.05) is 24.7 Å². The van der Waals surface area contributed by atoms with E-state index in [0.29, 0.717) is 31.9 Å². The van der Waals surface area contributed by atoms with Gasteiger partial charge in [-0.3, -0.25) is 4.79 Å². The largest absolute Gasteiger partial charge is 0.379 e. The van der Waals surface area contributed by atoms with Crippen molar-refractivity contribution in [3.8, 4) is 0 Å². The molecule has 6 nitrogen and oxygen atoms in total. The second kappa shape index (κ2) is 8.30. The average Bonchev–Trinajstić information content (AvgIpc) is 3.15. The summed E-state index contributed by atoms with van der Waals surface area (Å²) >= 11 is 1.63. The second-order valence-corrected chi connectivity index (χ2v) is 8.97. The summed E-state index contributed by atoms with van der Waals surface area (Å²) in [5.41, 5.74) is 1.64. The Labute approximate surface area is 157 Å². The molecule has 2 heterocycles. The van der Waals surface area contributed by atoms with Gasteiger partial charge in [-0.05, 0) is 60.0 Å². The summed E-state index contributed by atoms with van der Waals surface area (Å²) in [7, 11) is -3.54. The molecule has 0 bridgehead atoms. The van der Waals surface area contributed by atoms with Gasteiger partial charge in [-0.1, -0.05) is 0 Å². The molecule has 1 aliphatic rings. The molecule has 1 N–H and O–H groups in total. The molecular formula is C18H22N2O4S2. The van der Waals surface area contributed by atoms with E-state index in [9.17, 15) is 13.2 Å². The normalized spacial score (nSPS) is 17.0. The summed E-state index contributed by atoms with van der Waals surface area (Å²) in [6.45, 7) is 3.46. The van der Waals surface area contributed by atoms with Crippen LogP contribution in [0.2, 0.25) is 0 Å². The Balaban J connectivity index is 1.64. The molecule has 0 spiro atoms. The molecule has 1 aromatic carbocycles. The van der Waals surface area contributed by atoms with Crippen molar-refractivity contribution in [3.63, 3.8) is 0 Å². The van der Waals surface area contributed by atoms with Crippen LogP contribution in [0.15, 0.2) is 46.0 Å². The average molecular weight is 395 g/mol. The summed E-state index contributed by atoms with van der Waals surface area (Å²) < 4.78 is 31.8. The minimum atomic E-state index is -3.54. The molecule has 1 atom stereocenters. The first kappa shape index (κ1) is 19.0. The number of thiophene rings is 1. The molecule has 26 heavy (non-hydrogen) atoms. The highest BCUT2D eigenvalue weighted by molar-refractivity contribution is 7.89. The van der Waals surface area contributed by atoms with Gasteiger partial charge in [0.2, 0.25) is 10.0 Å². The predicted molar refractivity (Wildman–Crippen MR) is 101 cm³/mol. The lowest BCUT2D eigenvalue weighted by molar-refractivity contribution is 0.0730. The van der Waals surface area contributed by atoms with Crippen LogP contribution < -0.4 is 5.32 Å². The lowest BCUT2D eigenvalue weighted by Crippen LogP contribution is -2.40. The van der Waals surface area contributed by atoms with Crippen molar-refractivity contribution in [1.82, 2.24) is 9.62 Å². The molecule has 1 fully saturated rings. The summed E-state index contributed by atoms with van der Waals surface area (Å²) in [4.78, 5) is 12.6. The van der Waals surface area contributed by atoms with Gasteiger partial charge < -0.3 is 10.1 Å². The number of hydrogen-bond acceptors (Lipinski definition) is 5. The van der Waals surface area contributed by atoms with Crippen LogP contribution in [0.4, 0.5) is 0 Å². The first-order valence-corrected chi connectivity index (χ1v) is 10.8. The zero-order valence-corrected chi connectivity index (χ0v) is 16.2. The van der Waals surface area contributed by atoms with Crippen molar-refractivity contribution in [1.29, 1.82) is 0 Å². The highest BCUT2D eigenvalue weighted by Gasteiger charge is 2.26. The summed E-state index contributed by atoms with van der Waals surface area (Å²) in [5, 5.41) is 7.02. The molecule has 1 saturated heterocycles. The minimum Gasteiger partial charge on any atom is -0.379 e. The fourth-order valence-corrected chi connectivity index (χ4v) is 4.92. The van der Waals surface area contributed by atoms with Crippen LogP contribution in [0.3, 0.4) is 0 Å². The fraction of sp³-hybridized carbons (Fsp3) is 0.389. The highest BCUT2D eigenvalue weighted by atomic mass is 32.2. The molecule has 8 heteroatoms. The SMILES string of the molecule is CC(Cc1ccsc1)NC(=O)c1ccc(S(=O)(=O)N2CCOCC2)cc1. The lowest BCUT2D eigenvalue weighted by Gasteiger charge is -2.26. The van der Waals surface area contributed by atoms with Crippen molar-refractivity contribution in [3.05, 3.63) is 52.2 Å². The van der Waals surface area contributed by atoms with E-state index in [-0.39, 0.29) is 16.8 Å². The Morgan fingerprint density at radius 1 is 1.23 bits per heavy atom. The molecule has 1 amide bonds. The zero-order valence-electron chi connectivity index (χ0n) is 14.6. The Kier molecular flexibility index (Phi) is 6.08. The molecule has 1 aromatic heterocycles. The predicted octanol–water partition coefficient (Wildman–Crippen LogP) is 2.13.